The van der Waals surface area contributed by atoms with Crippen LogP contribution in [0.5, 0.6) is 5.75 Å². The van der Waals surface area contributed by atoms with Crippen LogP contribution in [0.25, 0.3) is 11.1 Å². The number of rotatable bonds is 7. The maximum atomic E-state index is 14.8. The minimum Gasteiger partial charge on any atom is -0.489 e. The number of nitrogens with one attached hydrogen (secondary N) is 3. The van der Waals surface area contributed by atoms with Crippen LogP contribution >= 0.6 is 0 Å². The van der Waals surface area contributed by atoms with Gasteiger partial charge in [0.05, 0.1) is 12.3 Å². The van der Waals surface area contributed by atoms with Crippen LogP contribution in [0.3, 0.4) is 0 Å². The number of halogens is 2. The Kier molecular flexibility index (Phi) is 6.55. The lowest BCUT2D eigenvalue weighted by Crippen LogP contribution is -2.52. The van der Waals surface area contributed by atoms with E-state index in [-0.39, 0.29) is 18.1 Å². The van der Waals surface area contributed by atoms with Gasteiger partial charge in [-0.15, -0.1) is 0 Å². The number of carbonyl (C=O) groups is 2. The summed E-state index contributed by atoms with van der Waals surface area (Å²) in [5.41, 5.74) is 4.27. The first-order chi connectivity index (χ1) is 19.7. The van der Waals surface area contributed by atoms with E-state index in [2.05, 4.69) is 31.1 Å². The van der Waals surface area contributed by atoms with Crippen LogP contribution in [0.15, 0.2) is 41.0 Å². The standard InChI is InChI=1S/C29H28F2N6O4/c1-4-20-24(37-41-36-20)27(38)33-25(22-18-9-10-19(30)23(31)26(18)40-13-29(22)11-12-29)28(39)32-17-7-5-16(6-8-17)21-14(2)34-35-15(21)3/h5-10,22,25H,4,11-13H2,1-3H3,(H,32,39)(H,33,38)(H,34,35)/t22?,25-/m0/s1. The number of hydrogen-bond acceptors (Lipinski definition) is 7. The quantitative estimate of drug-likeness (QED) is 0.299. The number of fused-ring (bicyclic) bond motifs is 1. The van der Waals surface area contributed by atoms with Crippen molar-refractivity contribution in [3.05, 3.63) is 76.4 Å². The molecule has 212 valence electrons. The van der Waals surface area contributed by atoms with Gasteiger partial charge >= 0.3 is 0 Å². The first-order valence-corrected chi connectivity index (χ1v) is 13.4. The van der Waals surface area contributed by atoms with Gasteiger partial charge in [0.1, 0.15) is 11.7 Å². The maximum absolute atomic E-state index is 14.8. The van der Waals surface area contributed by atoms with Crippen LogP contribution in [0.2, 0.25) is 0 Å². The average Bonchev–Trinajstić information content (AvgIpc) is 3.40. The molecule has 1 aliphatic carbocycles. The molecule has 0 radical (unpaired) electrons. The third kappa shape index (κ3) is 4.62. The molecule has 2 aromatic heterocycles. The van der Waals surface area contributed by atoms with Gasteiger partial charge in [0, 0.05) is 33.8 Å². The molecule has 2 aromatic carbocycles. The Morgan fingerprint density at radius 1 is 1.12 bits per heavy atom. The molecule has 6 rings (SSSR count). The van der Waals surface area contributed by atoms with Gasteiger partial charge in [0.15, 0.2) is 17.3 Å². The van der Waals surface area contributed by atoms with E-state index in [1.165, 1.54) is 6.07 Å². The second-order valence-electron chi connectivity index (χ2n) is 10.6. The molecule has 0 saturated heterocycles. The Labute approximate surface area is 233 Å². The van der Waals surface area contributed by atoms with Crippen LogP contribution < -0.4 is 15.4 Å². The summed E-state index contributed by atoms with van der Waals surface area (Å²) in [7, 11) is 0. The lowest BCUT2D eigenvalue weighted by atomic mass is 9.75. The topological polar surface area (TPSA) is 135 Å². The highest BCUT2D eigenvalue weighted by atomic mass is 19.2. The van der Waals surface area contributed by atoms with Crippen LogP contribution in [0.1, 0.15) is 58.8 Å². The Bertz CT molecular complexity index is 1620. The number of aromatic nitrogens is 4. The SMILES string of the molecule is CCc1nonc1C(=O)N[C@H](C(=O)Nc1ccc(-c2c(C)n[nH]c2C)cc1)C1c2ccc(F)c(F)c2OCC12CC2. The maximum Gasteiger partial charge on any atom is 0.276 e. The van der Waals surface area contributed by atoms with Crippen molar-refractivity contribution in [2.45, 2.75) is 52.0 Å². The summed E-state index contributed by atoms with van der Waals surface area (Å²) < 4.78 is 39.4. The van der Waals surface area contributed by atoms with E-state index in [0.29, 0.717) is 36.2 Å². The summed E-state index contributed by atoms with van der Waals surface area (Å²) >= 11 is 0. The zero-order chi connectivity index (χ0) is 28.9. The molecule has 2 atom stereocenters. The summed E-state index contributed by atoms with van der Waals surface area (Å²) in [5.74, 6) is -4.29. The van der Waals surface area contributed by atoms with Gasteiger partial charge in [-0.2, -0.15) is 9.49 Å². The molecular formula is C29H28F2N6O4. The van der Waals surface area contributed by atoms with Crippen molar-refractivity contribution in [3.63, 3.8) is 0 Å². The van der Waals surface area contributed by atoms with Gasteiger partial charge in [-0.1, -0.05) is 30.3 Å². The van der Waals surface area contributed by atoms with E-state index >= 15 is 0 Å². The smallest absolute Gasteiger partial charge is 0.276 e. The first kappa shape index (κ1) is 26.6. The van der Waals surface area contributed by atoms with E-state index < -0.39 is 40.8 Å². The monoisotopic (exact) mass is 562 g/mol. The second kappa shape index (κ2) is 10.1. The van der Waals surface area contributed by atoms with Gasteiger partial charge in [-0.3, -0.25) is 14.7 Å². The molecule has 1 spiro atoms. The van der Waals surface area contributed by atoms with Crippen molar-refractivity contribution in [3.8, 4) is 16.9 Å². The van der Waals surface area contributed by atoms with Crippen molar-refractivity contribution in [1.82, 2.24) is 25.8 Å². The van der Waals surface area contributed by atoms with Gasteiger partial charge in [-0.05, 0) is 62.0 Å². The molecule has 41 heavy (non-hydrogen) atoms. The fourth-order valence-electron chi connectivity index (χ4n) is 5.76. The largest absolute Gasteiger partial charge is 0.489 e. The summed E-state index contributed by atoms with van der Waals surface area (Å²) in [6.07, 6.45) is 1.78. The third-order valence-corrected chi connectivity index (χ3v) is 8.05. The Hall–Kier alpha value is -4.61. The van der Waals surface area contributed by atoms with E-state index in [1.807, 2.05) is 26.0 Å². The van der Waals surface area contributed by atoms with E-state index in [9.17, 15) is 18.4 Å². The summed E-state index contributed by atoms with van der Waals surface area (Å²) in [6, 6.07) is 8.52. The molecular weight excluding hydrogens is 534 g/mol. The zero-order valence-corrected chi connectivity index (χ0v) is 22.7. The van der Waals surface area contributed by atoms with Crippen molar-refractivity contribution < 1.29 is 27.7 Å². The van der Waals surface area contributed by atoms with Gasteiger partial charge in [0.2, 0.25) is 11.7 Å². The number of benzene rings is 2. The number of anilines is 1. The highest BCUT2D eigenvalue weighted by Gasteiger charge is 2.58. The highest BCUT2D eigenvalue weighted by Crippen LogP contribution is 2.61. The third-order valence-electron chi connectivity index (χ3n) is 8.05. The normalized spacial score (nSPS) is 17.4. The predicted molar refractivity (Wildman–Crippen MR) is 143 cm³/mol. The highest BCUT2D eigenvalue weighted by molar-refractivity contribution is 6.01. The van der Waals surface area contributed by atoms with Crippen LogP contribution in [0, 0.1) is 30.9 Å². The Balaban J connectivity index is 1.35. The molecule has 2 aliphatic rings. The molecule has 1 fully saturated rings. The molecule has 1 aliphatic heterocycles. The molecule has 4 aromatic rings. The van der Waals surface area contributed by atoms with Gasteiger partial charge < -0.3 is 15.4 Å². The number of hydrogen-bond donors (Lipinski definition) is 3. The van der Waals surface area contributed by atoms with E-state index in [1.54, 1.807) is 19.1 Å². The van der Waals surface area contributed by atoms with Crippen molar-refractivity contribution in [1.29, 1.82) is 0 Å². The van der Waals surface area contributed by atoms with Crippen LogP contribution in [0.4, 0.5) is 14.5 Å². The van der Waals surface area contributed by atoms with E-state index in [4.69, 9.17) is 9.37 Å². The lowest BCUT2D eigenvalue weighted by Gasteiger charge is -2.38. The molecule has 0 bridgehead atoms. The predicted octanol–water partition coefficient (Wildman–Crippen LogP) is 4.61. The van der Waals surface area contributed by atoms with Crippen molar-refractivity contribution in [2.75, 3.05) is 11.9 Å². The number of ether oxygens (including phenoxy) is 1. The minimum atomic E-state index is -1.17. The van der Waals surface area contributed by atoms with Crippen molar-refractivity contribution >= 4 is 17.5 Å². The molecule has 3 heterocycles. The van der Waals surface area contributed by atoms with Gasteiger partial charge in [0.25, 0.3) is 5.91 Å². The number of amides is 2. The summed E-state index contributed by atoms with van der Waals surface area (Å²) in [4.78, 5) is 27.3. The summed E-state index contributed by atoms with van der Waals surface area (Å²) in [6.45, 7) is 5.72. The number of H-pyrrole nitrogens is 1. The number of nitrogens with zero attached hydrogens (tertiary/aromatic N) is 3. The Morgan fingerprint density at radius 3 is 2.54 bits per heavy atom. The van der Waals surface area contributed by atoms with Gasteiger partial charge in [-0.25, -0.2) is 9.02 Å². The summed E-state index contributed by atoms with van der Waals surface area (Å²) in [5, 5.41) is 20.4. The van der Waals surface area contributed by atoms with Crippen LogP contribution in [-0.4, -0.2) is 45.0 Å². The van der Waals surface area contributed by atoms with Crippen LogP contribution in [-0.2, 0) is 11.2 Å². The molecule has 1 saturated carbocycles. The van der Waals surface area contributed by atoms with Crippen molar-refractivity contribution in [2.24, 2.45) is 5.41 Å². The molecule has 3 N–H and O–H groups in total. The fourth-order valence-corrected chi connectivity index (χ4v) is 5.76. The number of aryl methyl sites for hydroxylation is 3. The zero-order valence-electron chi connectivity index (χ0n) is 22.7. The molecule has 1 unspecified atom stereocenters. The molecule has 12 heteroatoms. The molecule has 10 nitrogen and oxygen atoms in total. The number of aromatic amines is 1. The number of carbonyl (C=O) groups excluding carboxylic acids is 2. The molecule has 2 amide bonds. The minimum absolute atomic E-state index is 0.0390. The Morgan fingerprint density at radius 2 is 1.88 bits per heavy atom. The second-order valence-corrected chi connectivity index (χ2v) is 10.6. The first-order valence-electron chi connectivity index (χ1n) is 13.4. The average molecular weight is 563 g/mol. The van der Waals surface area contributed by atoms with E-state index in [0.717, 1.165) is 28.6 Å². The lowest BCUT2D eigenvalue weighted by molar-refractivity contribution is -0.119. The fraction of sp³-hybridized carbons (Fsp3) is 0.345.